The molecule has 5 heteroatoms. The molecule has 0 saturated carbocycles. The summed E-state index contributed by atoms with van der Waals surface area (Å²) in [5, 5.41) is 2.75. The molecule has 0 aliphatic heterocycles. The number of carbonyl (C=O) groups is 2. The van der Waals surface area contributed by atoms with Crippen molar-refractivity contribution < 1.29 is 9.59 Å². The molecule has 0 aliphatic carbocycles. The minimum absolute atomic E-state index is 0.0312. The topological polar surface area (TPSA) is 49.4 Å². The second kappa shape index (κ2) is 8.17. The number of carbonyl (C=O) groups excluding carboxylic acids is 2. The molecule has 1 aromatic carbocycles. The molecule has 1 atom stereocenters. The SMILES string of the molecule is CCNC(=O)CN(CC)C(C)C(=O)c1ccc(Br)cc1. The van der Waals surface area contributed by atoms with E-state index in [-0.39, 0.29) is 24.3 Å². The number of rotatable bonds is 7. The van der Waals surface area contributed by atoms with Gasteiger partial charge in [0.1, 0.15) is 0 Å². The van der Waals surface area contributed by atoms with Gasteiger partial charge in [0.25, 0.3) is 0 Å². The van der Waals surface area contributed by atoms with Gasteiger partial charge in [-0.2, -0.15) is 0 Å². The van der Waals surface area contributed by atoms with Gasteiger partial charge < -0.3 is 5.32 Å². The van der Waals surface area contributed by atoms with Crippen LogP contribution in [-0.4, -0.2) is 42.3 Å². The number of halogens is 1. The molecule has 0 aromatic heterocycles. The normalized spacial score (nSPS) is 12.2. The summed E-state index contributed by atoms with van der Waals surface area (Å²) in [6, 6.07) is 6.97. The maximum Gasteiger partial charge on any atom is 0.234 e. The van der Waals surface area contributed by atoms with Crippen molar-refractivity contribution in [1.29, 1.82) is 0 Å². The molecular weight excluding hydrogens is 320 g/mol. The first kappa shape index (κ1) is 16.9. The van der Waals surface area contributed by atoms with Crippen LogP contribution in [0.3, 0.4) is 0 Å². The Morgan fingerprint density at radius 2 is 1.85 bits per heavy atom. The number of hydrogen-bond donors (Lipinski definition) is 1. The standard InChI is InChI=1S/C15H21BrN2O2/c1-4-17-14(19)10-18(5-2)11(3)15(20)12-6-8-13(16)9-7-12/h6-9,11H,4-5,10H2,1-3H3,(H,17,19). The van der Waals surface area contributed by atoms with Crippen molar-refractivity contribution in [3.63, 3.8) is 0 Å². The summed E-state index contributed by atoms with van der Waals surface area (Å²) in [4.78, 5) is 25.9. The highest BCUT2D eigenvalue weighted by Crippen LogP contribution is 2.14. The van der Waals surface area contributed by atoms with Gasteiger partial charge in [0.2, 0.25) is 5.91 Å². The molecule has 20 heavy (non-hydrogen) atoms. The van der Waals surface area contributed by atoms with Crippen LogP contribution in [0, 0.1) is 0 Å². The Kier molecular flexibility index (Phi) is 6.88. The third-order valence-electron chi connectivity index (χ3n) is 3.18. The van der Waals surface area contributed by atoms with Crippen molar-refractivity contribution in [3.05, 3.63) is 34.3 Å². The zero-order chi connectivity index (χ0) is 15.1. The number of hydrogen-bond acceptors (Lipinski definition) is 3. The Labute approximate surface area is 128 Å². The molecule has 0 spiro atoms. The lowest BCUT2D eigenvalue weighted by molar-refractivity contribution is -0.122. The predicted octanol–water partition coefficient (Wildman–Crippen LogP) is 2.48. The Morgan fingerprint density at radius 1 is 1.25 bits per heavy atom. The van der Waals surface area contributed by atoms with Crippen molar-refractivity contribution in [2.45, 2.75) is 26.8 Å². The average Bonchev–Trinajstić information content (AvgIpc) is 2.44. The fourth-order valence-corrected chi connectivity index (χ4v) is 2.25. The summed E-state index contributed by atoms with van der Waals surface area (Å²) in [5.74, 6) is -0.0199. The van der Waals surface area contributed by atoms with Gasteiger partial charge in [-0.1, -0.05) is 35.0 Å². The molecule has 0 bridgehead atoms. The Hall–Kier alpha value is -1.20. The van der Waals surface area contributed by atoms with Crippen LogP contribution in [0.25, 0.3) is 0 Å². The molecule has 1 N–H and O–H groups in total. The number of ketones is 1. The summed E-state index contributed by atoms with van der Waals surface area (Å²) in [7, 11) is 0. The molecule has 1 amide bonds. The maximum absolute atomic E-state index is 12.4. The lowest BCUT2D eigenvalue weighted by atomic mass is 10.0. The Balaban J connectivity index is 2.74. The van der Waals surface area contributed by atoms with Gasteiger partial charge in [-0.25, -0.2) is 0 Å². The molecular formula is C15H21BrN2O2. The van der Waals surface area contributed by atoms with Crippen LogP contribution in [0.15, 0.2) is 28.7 Å². The quantitative estimate of drug-likeness (QED) is 0.775. The van der Waals surface area contributed by atoms with Gasteiger partial charge in [-0.15, -0.1) is 0 Å². The minimum Gasteiger partial charge on any atom is -0.355 e. The van der Waals surface area contributed by atoms with Crippen molar-refractivity contribution in [1.82, 2.24) is 10.2 Å². The van der Waals surface area contributed by atoms with E-state index in [0.29, 0.717) is 18.7 Å². The monoisotopic (exact) mass is 340 g/mol. The van der Waals surface area contributed by atoms with Crippen molar-refractivity contribution >= 4 is 27.6 Å². The van der Waals surface area contributed by atoms with E-state index in [1.54, 1.807) is 12.1 Å². The molecule has 0 heterocycles. The van der Waals surface area contributed by atoms with Crippen molar-refractivity contribution in [2.75, 3.05) is 19.6 Å². The number of amides is 1. The van der Waals surface area contributed by atoms with Gasteiger partial charge in [-0.3, -0.25) is 14.5 Å². The maximum atomic E-state index is 12.4. The molecule has 0 fully saturated rings. The molecule has 0 radical (unpaired) electrons. The highest BCUT2D eigenvalue weighted by molar-refractivity contribution is 9.10. The largest absolute Gasteiger partial charge is 0.355 e. The molecule has 1 unspecified atom stereocenters. The third kappa shape index (κ3) is 4.72. The fraction of sp³-hybridized carbons (Fsp3) is 0.467. The number of likely N-dealkylation sites (N-methyl/N-ethyl adjacent to an activating group) is 2. The van der Waals surface area contributed by atoms with E-state index in [1.807, 2.05) is 37.8 Å². The van der Waals surface area contributed by atoms with E-state index in [4.69, 9.17) is 0 Å². The first-order valence-electron chi connectivity index (χ1n) is 6.80. The summed E-state index contributed by atoms with van der Waals surface area (Å²) in [6.45, 7) is 7.17. The van der Waals surface area contributed by atoms with Crippen LogP contribution in [0.4, 0.5) is 0 Å². The van der Waals surface area contributed by atoms with Crippen molar-refractivity contribution in [2.24, 2.45) is 0 Å². The van der Waals surface area contributed by atoms with Crippen LogP contribution in [0.2, 0.25) is 0 Å². The van der Waals surface area contributed by atoms with Crippen LogP contribution in [0.1, 0.15) is 31.1 Å². The number of Topliss-reactive ketones (excluding diaryl/α,β-unsaturated/α-hetero) is 1. The lowest BCUT2D eigenvalue weighted by Crippen LogP contribution is -2.45. The molecule has 4 nitrogen and oxygen atoms in total. The molecule has 110 valence electrons. The predicted molar refractivity (Wildman–Crippen MR) is 83.9 cm³/mol. The first-order chi connectivity index (χ1) is 9.49. The van der Waals surface area contributed by atoms with E-state index in [2.05, 4.69) is 21.2 Å². The molecule has 0 saturated heterocycles. The molecule has 1 rings (SSSR count). The van der Waals surface area contributed by atoms with E-state index >= 15 is 0 Å². The second-order valence-corrected chi connectivity index (χ2v) is 5.48. The van der Waals surface area contributed by atoms with E-state index in [1.165, 1.54) is 0 Å². The van der Waals surface area contributed by atoms with Gasteiger partial charge in [0, 0.05) is 16.6 Å². The van der Waals surface area contributed by atoms with Gasteiger partial charge in [0.05, 0.1) is 12.6 Å². The average molecular weight is 341 g/mol. The van der Waals surface area contributed by atoms with Crippen molar-refractivity contribution in [3.8, 4) is 0 Å². The number of nitrogens with zero attached hydrogens (tertiary/aromatic N) is 1. The fourth-order valence-electron chi connectivity index (χ4n) is 1.98. The number of benzene rings is 1. The summed E-state index contributed by atoms with van der Waals surface area (Å²) >= 11 is 3.35. The highest BCUT2D eigenvalue weighted by Gasteiger charge is 2.22. The van der Waals surface area contributed by atoms with Crippen LogP contribution in [0.5, 0.6) is 0 Å². The Bertz CT molecular complexity index is 459. The molecule has 1 aromatic rings. The van der Waals surface area contributed by atoms with Crippen LogP contribution in [-0.2, 0) is 4.79 Å². The van der Waals surface area contributed by atoms with Gasteiger partial charge in [0.15, 0.2) is 5.78 Å². The smallest absolute Gasteiger partial charge is 0.234 e. The van der Waals surface area contributed by atoms with E-state index in [0.717, 1.165) is 4.47 Å². The summed E-state index contributed by atoms with van der Waals surface area (Å²) in [5.41, 5.74) is 0.662. The second-order valence-electron chi connectivity index (χ2n) is 4.56. The van der Waals surface area contributed by atoms with E-state index in [9.17, 15) is 9.59 Å². The zero-order valence-corrected chi connectivity index (χ0v) is 13.7. The van der Waals surface area contributed by atoms with Crippen LogP contribution >= 0.6 is 15.9 Å². The number of nitrogens with one attached hydrogen (secondary N) is 1. The first-order valence-corrected chi connectivity index (χ1v) is 7.59. The summed E-state index contributed by atoms with van der Waals surface area (Å²) in [6.07, 6.45) is 0. The summed E-state index contributed by atoms with van der Waals surface area (Å²) < 4.78 is 0.941. The third-order valence-corrected chi connectivity index (χ3v) is 3.71. The zero-order valence-electron chi connectivity index (χ0n) is 12.1. The Morgan fingerprint density at radius 3 is 2.35 bits per heavy atom. The molecule has 0 aliphatic rings. The van der Waals surface area contributed by atoms with Crippen LogP contribution < -0.4 is 5.32 Å². The van der Waals surface area contributed by atoms with E-state index < -0.39 is 0 Å². The minimum atomic E-state index is -0.316. The van der Waals surface area contributed by atoms with Gasteiger partial charge >= 0.3 is 0 Å². The highest BCUT2D eigenvalue weighted by atomic mass is 79.9. The lowest BCUT2D eigenvalue weighted by Gasteiger charge is -2.26. The van der Waals surface area contributed by atoms with Gasteiger partial charge in [-0.05, 0) is 32.5 Å².